The van der Waals surface area contributed by atoms with Gasteiger partial charge in [-0.3, -0.25) is 10.3 Å². The summed E-state index contributed by atoms with van der Waals surface area (Å²) in [6.07, 6.45) is 4.12. The molecule has 1 aliphatic heterocycles. The maximum atomic E-state index is 13.1. The zero-order valence-electron chi connectivity index (χ0n) is 24.7. The zero-order chi connectivity index (χ0) is 29.3. The number of rotatable bonds is 9. The first kappa shape index (κ1) is 28.9. The van der Waals surface area contributed by atoms with Gasteiger partial charge < -0.3 is 15.4 Å². The van der Waals surface area contributed by atoms with Crippen molar-refractivity contribution in [1.82, 2.24) is 15.3 Å². The van der Waals surface area contributed by atoms with E-state index in [2.05, 4.69) is 45.0 Å². The molecule has 9 nitrogen and oxygen atoms in total. The molecule has 3 heterocycles. The summed E-state index contributed by atoms with van der Waals surface area (Å²) in [6, 6.07) is 11.3. The van der Waals surface area contributed by atoms with Crippen LogP contribution in [-0.4, -0.2) is 42.8 Å². The Hall–Kier alpha value is -3.63. The van der Waals surface area contributed by atoms with Crippen molar-refractivity contribution in [2.75, 3.05) is 23.7 Å². The monoisotopic (exact) mass is 577 g/mol. The number of ether oxygens (including phenoxy) is 1. The van der Waals surface area contributed by atoms with E-state index >= 15 is 0 Å². The minimum atomic E-state index is -3.51. The number of aryl methyl sites for hydroxylation is 2. The van der Waals surface area contributed by atoms with E-state index in [4.69, 9.17) is 9.72 Å². The molecule has 0 spiro atoms. The van der Waals surface area contributed by atoms with Crippen molar-refractivity contribution in [3.8, 4) is 5.75 Å². The summed E-state index contributed by atoms with van der Waals surface area (Å²) in [6.45, 7) is 13.6. The first-order valence-electron chi connectivity index (χ1n) is 14.3. The number of nitrogens with one attached hydrogen (secondary N) is 5. The van der Waals surface area contributed by atoms with Gasteiger partial charge in [-0.15, -0.1) is 0 Å². The fourth-order valence-corrected chi connectivity index (χ4v) is 6.64. The van der Waals surface area contributed by atoms with Crippen LogP contribution in [0.3, 0.4) is 0 Å². The molecular weight excluding hydrogens is 536 g/mol. The van der Waals surface area contributed by atoms with E-state index < -0.39 is 15.1 Å². The topological polar surface area (TPSA) is 122 Å². The van der Waals surface area contributed by atoms with Crippen molar-refractivity contribution < 1.29 is 18.1 Å². The van der Waals surface area contributed by atoms with Crippen molar-refractivity contribution in [1.29, 1.82) is 0 Å². The lowest BCUT2D eigenvalue weighted by Gasteiger charge is -2.26. The van der Waals surface area contributed by atoms with E-state index in [1.54, 1.807) is 32.0 Å². The summed E-state index contributed by atoms with van der Waals surface area (Å²) >= 11 is 0. The molecule has 0 aliphatic carbocycles. The summed E-state index contributed by atoms with van der Waals surface area (Å²) in [5.41, 5.74) is 5.57. The average molecular weight is 578 g/mol. The number of hydrogen-bond donors (Lipinski definition) is 4. The maximum Gasteiger partial charge on any atom is 0.351 e. The Bertz CT molecular complexity index is 1660. The standard InChI is InChI=1S/C31H40N6O3S/c1-18(2)40-26-16-23(22-11-13-32-14-12-22)20(5)15-25(26)35-31-36-29-28(21(6)17-33-29)30(37-31)34-24-9-7-8-10-27(24)41(38,39)19(3)4/h7-10,15-19,22,32H,11-14H2,1-6H3,(H3,33,34,35,36,37)/p+1. The number of fused-ring (bicyclic) bond motifs is 1. The lowest BCUT2D eigenvalue weighted by Crippen LogP contribution is -2.27. The Labute approximate surface area is 242 Å². The third kappa shape index (κ3) is 6.04. The molecule has 41 heavy (non-hydrogen) atoms. The normalized spacial score (nSPS) is 14.6. The second kappa shape index (κ2) is 11.7. The van der Waals surface area contributed by atoms with Crippen LogP contribution in [0.4, 0.5) is 23.1 Å². The number of piperidine rings is 1. The Morgan fingerprint density at radius 2 is 1.73 bits per heavy atom. The number of anilines is 4. The molecule has 5 rings (SSSR count). The molecule has 10 heteroatoms. The predicted molar refractivity (Wildman–Crippen MR) is 165 cm³/mol. The highest BCUT2D eigenvalue weighted by molar-refractivity contribution is 7.92. The van der Waals surface area contributed by atoms with E-state index in [0.717, 1.165) is 54.0 Å². The number of aromatic amines is 2. The highest BCUT2D eigenvalue weighted by Crippen LogP contribution is 2.37. The molecule has 0 atom stereocenters. The van der Waals surface area contributed by atoms with Gasteiger partial charge in [-0.2, -0.15) is 0 Å². The largest absolute Gasteiger partial charge is 0.488 e. The summed E-state index contributed by atoms with van der Waals surface area (Å²) < 4.78 is 32.5. The zero-order valence-corrected chi connectivity index (χ0v) is 25.5. The van der Waals surface area contributed by atoms with Crippen LogP contribution in [-0.2, 0) is 9.84 Å². The SMILES string of the molecule is Cc1cc(Nc2nc(Nc3ccccc3S(=O)(=O)C(C)C)c3c(C)c[nH]c3[nH+]2)c(OC(C)C)cc1C1CCNCC1. The highest BCUT2D eigenvalue weighted by Gasteiger charge is 2.26. The number of benzene rings is 2. The van der Waals surface area contributed by atoms with Gasteiger partial charge in [0.15, 0.2) is 15.6 Å². The second-order valence-electron chi connectivity index (χ2n) is 11.4. The summed E-state index contributed by atoms with van der Waals surface area (Å²) in [4.78, 5) is 11.8. The molecule has 5 N–H and O–H groups in total. The molecule has 0 amide bonds. The van der Waals surface area contributed by atoms with Crippen LogP contribution in [0.25, 0.3) is 11.0 Å². The van der Waals surface area contributed by atoms with Crippen LogP contribution in [0.5, 0.6) is 5.75 Å². The van der Waals surface area contributed by atoms with Crippen molar-refractivity contribution in [3.63, 3.8) is 0 Å². The van der Waals surface area contributed by atoms with Gasteiger partial charge in [0.05, 0.1) is 21.9 Å². The summed E-state index contributed by atoms with van der Waals surface area (Å²) in [5, 5.41) is 10.5. The smallest absolute Gasteiger partial charge is 0.351 e. The number of aromatic nitrogens is 3. The molecule has 0 unspecified atom stereocenters. The molecule has 0 radical (unpaired) electrons. The number of para-hydroxylation sites is 1. The van der Waals surface area contributed by atoms with Crippen LogP contribution in [0.1, 0.15) is 63.1 Å². The van der Waals surface area contributed by atoms with Gasteiger partial charge in [0.25, 0.3) is 0 Å². The molecule has 2 aromatic carbocycles. The molecule has 1 fully saturated rings. The van der Waals surface area contributed by atoms with Crippen LogP contribution in [0.2, 0.25) is 0 Å². The Kier molecular flexibility index (Phi) is 8.24. The first-order valence-corrected chi connectivity index (χ1v) is 15.9. The number of H-pyrrole nitrogens is 2. The van der Waals surface area contributed by atoms with E-state index in [-0.39, 0.29) is 11.0 Å². The van der Waals surface area contributed by atoms with Crippen molar-refractivity contribution in [2.24, 2.45) is 0 Å². The summed E-state index contributed by atoms with van der Waals surface area (Å²) in [5.74, 6) is 2.31. The predicted octanol–water partition coefficient (Wildman–Crippen LogP) is 5.92. The molecule has 0 saturated carbocycles. The minimum Gasteiger partial charge on any atom is -0.488 e. The first-order chi connectivity index (χ1) is 19.5. The average Bonchev–Trinajstić information content (AvgIpc) is 3.31. The Morgan fingerprint density at radius 3 is 2.44 bits per heavy atom. The van der Waals surface area contributed by atoms with Crippen LogP contribution >= 0.6 is 0 Å². The lowest BCUT2D eigenvalue weighted by molar-refractivity contribution is -0.333. The van der Waals surface area contributed by atoms with Crippen molar-refractivity contribution in [2.45, 2.75) is 76.6 Å². The van der Waals surface area contributed by atoms with E-state index in [0.29, 0.717) is 23.4 Å². The quantitative estimate of drug-likeness (QED) is 0.195. The number of hydrogen-bond acceptors (Lipinski definition) is 7. The van der Waals surface area contributed by atoms with E-state index in [1.165, 1.54) is 11.1 Å². The minimum absolute atomic E-state index is 0.00115. The van der Waals surface area contributed by atoms with Crippen LogP contribution in [0, 0.1) is 13.8 Å². The fraction of sp³-hybridized carbons (Fsp3) is 0.419. The summed E-state index contributed by atoms with van der Waals surface area (Å²) in [7, 11) is -3.51. The van der Waals surface area contributed by atoms with Gasteiger partial charge in [-0.25, -0.2) is 13.4 Å². The Balaban J connectivity index is 1.56. The number of nitrogens with zero attached hydrogens (tertiary/aromatic N) is 1. The maximum absolute atomic E-state index is 13.1. The molecule has 1 saturated heterocycles. The lowest BCUT2D eigenvalue weighted by atomic mass is 9.87. The molecule has 2 aromatic heterocycles. The molecule has 4 aromatic rings. The van der Waals surface area contributed by atoms with Gasteiger partial charge in [0, 0.05) is 6.20 Å². The Morgan fingerprint density at radius 1 is 1.00 bits per heavy atom. The molecule has 0 bridgehead atoms. The van der Waals surface area contributed by atoms with E-state index in [1.807, 2.05) is 33.0 Å². The molecule has 218 valence electrons. The second-order valence-corrected chi connectivity index (χ2v) is 13.9. The van der Waals surface area contributed by atoms with Gasteiger partial charge in [-0.05, 0) is 114 Å². The third-order valence-corrected chi connectivity index (χ3v) is 9.82. The van der Waals surface area contributed by atoms with Gasteiger partial charge in [-0.1, -0.05) is 17.1 Å². The molecule has 1 aliphatic rings. The van der Waals surface area contributed by atoms with Crippen molar-refractivity contribution in [3.05, 3.63) is 59.3 Å². The van der Waals surface area contributed by atoms with Gasteiger partial charge >= 0.3 is 5.95 Å². The fourth-order valence-electron chi connectivity index (χ4n) is 5.44. The highest BCUT2D eigenvalue weighted by atomic mass is 32.2. The number of sulfone groups is 1. The van der Waals surface area contributed by atoms with Crippen LogP contribution in [0.15, 0.2) is 47.5 Å². The van der Waals surface area contributed by atoms with E-state index in [9.17, 15) is 8.42 Å². The van der Waals surface area contributed by atoms with Crippen molar-refractivity contribution >= 4 is 44.0 Å². The molecular formula is C31H41N6O3S+. The third-order valence-electron chi connectivity index (χ3n) is 7.61. The van der Waals surface area contributed by atoms with Gasteiger partial charge in [0.2, 0.25) is 11.5 Å². The van der Waals surface area contributed by atoms with Crippen LogP contribution < -0.4 is 25.7 Å². The van der Waals surface area contributed by atoms with Gasteiger partial charge in [0.1, 0.15) is 11.1 Å².